The molecule has 2 heterocycles. The van der Waals surface area contributed by atoms with Crippen molar-refractivity contribution in [1.82, 2.24) is 0 Å². The Balaban J connectivity index is 1.28. The van der Waals surface area contributed by atoms with Crippen molar-refractivity contribution in [1.29, 1.82) is 10.5 Å². The first-order valence-electron chi connectivity index (χ1n) is 21.7. The molecule has 5 aromatic carbocycles. The number of esters is 2. The molecule has 0 saturated carbocycles. The number of fused-ring (bicyclic) bond motifs is 10. The highest BCUT2D eigenvalue weighted by Crippen LogP contribution is 2.56. The summed E-state index contributed by atoms with van der Waals surface area (Å²) in [5.41, 5.74) is 13.4. The molecule has 0 aromatic heterocycles. The van der Waals surface area contributed by atoms with Crippen LogP contribution in [0.2, 0.25) is 0 Å². The fourth-order valence-electron chi connectivity index (χ4n) is 9.11. The van der Waals surface area contributed by atoms with Gasteiger partial charge in [-0.05, 0) is 157 Å². The summed E-state index contributed by atoms with van der Waals surface area (Å²) in [4.78, 5) is 25.1. The Labute approximate surface area is 376 Å². The van der Waals surface area contributed by atoms with E-state index in [0.717, 1.165) is 89.0 Å². The lowest BCUT2D eigenvalue weighted by molar-refractivity contribution is -0.145. The summed E-state index contributed by atoms with van der Waals surface area (Å²) in [6, 6.07) is 37.2. The topological polar surface area (TPSA) is 100 Å². The minimum Gasteiger partial charge on any atom is -0.461 e. The highest BCUT2D eigenvalue weighted by molar-refractivity contribution is 5.87. The Morgan fingerprint density at radius 1 is 0.547 bits per heavy atom. The van der Waals surface area contributed by atoms with Crippen molar-refractivity contribution in [3.63, 3.8) is 0 Å². The van der Waals surface area contributed by atoms with Crippen LogP contribution in [0.3, 0.4) is 0 Å². The zero-order chi connectivity index (χ0) is 44.8. The van der Waals surface area contributed by atoms with Crippen molar-refractivity contribution in [3.05, 3.63) is 189 Å². The number of nitriles is 2. The van der Waals surface area contributed by atoms with E-state index in [4.69, 9.17) is 9.47 Å². The molecule has 0 saturated heterocycles. The molecule has 0 atom stereocenters. The van der Waals surface area contributed by atoms with Crippen molar-refractivity contribution in [2.75, 3.05) is 0 Å². The Kier molecular flexibility index (Phi) is 12.4. The molecule has 2 aliphatic heterocycles. The second-order valence-electron chi connectivity index (χ2n) is 17.3. The van der Waals surface area contributed by atoms with Crippen LogP contribution in [-0.2, 0) is 58.0 Å². The van der Waals surface area contributed by atoms with Crippen molar-refractivity contribution < 1.29 is 19.1 Å². The number of nitrogens with zero attached hydrogens (tertiary/aromatic N) is 2. The van der Waals surface area contributed by atoms with Crippen LogP contribution in [0, 0.1) is 57.2 Å². The SMILES string of the molecule is C=C(C)C1(C#N)Cc2c(c3c4c(c2-c2cccc(c2)C#Cc2cccc(c2)COC(=O)CCC=CCCC(=O)OCc2cccc(c2)C#Cc2cccc-3c2)CC(C#N)(C(=C)C)C4)C1. The van der Waals surface area contributed by atoms with Gasteiger partial charge in [-0.25, -0.2) is 0 Å². The quantitative estimate of drug-likeness (QED) is 0.0997. The van der Waals surface area contributed by atoms with E-state index in [9.17, 15) is 20.1 Å². The first-order valence-corrected chi connectivity index (χ1v) is 21.7. The van der Waals surface area contributed by atoms with Crippen molar-refractivity contribution >= 4 is 11.9 Å². The van der Waals surface area contributed by atoms with Gasteiger partial charge in [0.15, 0.2) is 0 Å². The number of carbonyl (C=O) groups excluding carboxylic acids is 2. The van der Waals surface area contributed by atoms with Gasteiger partial charge in [0.05, 0.1) is 23.0 Å². The van der Waals surface area contributed by atoms with E-state index in [1.54, 1.807) is 0 Å². The lowest BCUT2D eigenvalue weighted by atomic mass is 9.78. The highest BCUT2D eigenvalue weighted by Gasteiger charge is 2.47. The van der Waals surface area contributed by atoms with Gasteiger partial charge in [-0.15, -0.1) is 0 Å². The summed E-state index contributed by atoms with van der Waals surface area (Å²) in [6.45, 7) is 12.9. The summed E-state index contributed by atoms with van der Waals surface area (Å²) < 4.78 is 11.2. The van der Waals surface area contributed by atoms with Crippen molar-refractivity contribution in [2.45, 2.75) is 78.4 Å². The summed E-state index contributed by atoms with van der Waals surface area (Å²) >= 11 is 0. The van der Waals surface area contributed by atoms with Gasteiger partial charge in [0.2, 0.25) is 0 Å². The third kappa shape index (κ3) is 8.97. The van der Waals surface area contributed by atoms with Gasteiger partial charge in [0, 0.05) is 35.1 Å². The van der Waals surface area contributed by atoms with Crippen LogP contribution in [0.5, 0.6) is 0 Å². The zero-order valence-electron chi connectivity index (χ0n) is 36.4. The Morgan fingerprint density at radius 2 is 0.891 bits per heavy atom. The monoisotopic (exact) mass is 836 g/mol. The van der Waals surface area contributed by atoms with Crippen LogP contribution in [0.15, 0.2) is 134 Å². The molecule has 4 aliphatic rings. The fraction of sp³-hybridized carbons (Fsp3) is 0.241. The number of ether oxygens (including phenoxy) is 2. The minimum absolute atomic E-state index is 0.133. The first-order chi connectivity index (χ1) is 31.0. The minimum atomic E-state index is -0.803. The second kappa shape index (κ2) is 18.4. The van der Waals surface area contributed by atoms with E-state index < -0.39 is 10.8 Å². The Bertz CT molecular complexity index is 2760. The van der Waals surface area contributed by atoms with Crippen LogP contribution >= 0.6 is 0 Å². The fourth-order valence-corrected chi connectivity index (χ4v) is 9.11. The number of hydrogen-bond acceptors (Lipinski definition) is 6. The molecule has 5 aromatic rings. The number of benzene rings is 5. The van der Waals surface area contributed by atoms with Crippen LogP contribution in [0.1, 0.15) is 95.2 Å². The van der Waals surface area contributed by atoms with Gasteiger partial charge in [0.1, 0.15) is 13.2 Å². The normalized spacial score (nSPS) is 16.2. The molecule has 0 fully saturated rings. The molecular weight excluding hydrogens is 789 g/mol. The zero-order valence-corrected chi connectivity index (χ0v) is 36.4. The molecule has 2 aliphatic carbocycles. The smallest absolute Gasteiger partial charge is 0.306 e. The molecule has 314 valence electrons. The molecule has 9 rings (SSSR count). The molecule has 0 N–H and O–H groups in total. The number of hydrogen-bond donors (Lipinski definition) is 0. The number of rotatable bonds is 2. The number of carbonyl (C=O) groups is 2. The van der Waals surface area contributed by atoms with Crippen LogP contribution in [-0.4, -0.2) is 11.9 Å². The molecule has 0 amide bonds. The molecule has 0 radical (unpaired) electrons. The van der Waals surface area contributed by atoms with Crippen molar-refractivity contribution in [2.24, 2.45) is 10.8 Å². The average molecular weight is 837 g/mol. The van der Waals surface area contributed by atoms with E-state index in [-0.39, 0.29) is 38.0 Å². The van der Waals surface area contributed by atoms with Crippen LogP contribution < -0.4 is 0 Å². The predicted molar refractivity (Wildman–Crippen MR) is 250 cm³/mol. The lowest BCUT2D eigenvalue weighted by Gasteiger charge is -2.22. The summed E-state index contributed by atoms with van der Waals surface area (Å²) in [5, 5.41) is 21.8. The maximum atomic E-state index is 12.6. The molecule has 6 heteroatoms. The molecular formula is C58H48N2O4. The van der Waals surface area contributed by atoms with E-state index in [0.29, 0.717) is 38.5 Å². The maximum absolute atomic E-state index is 12.6. The Hall–Kier alpha value is -7.64. The van der Waals surface area contributed by atoms with Crippen molar-refractivity contribution in [3.8, 4) is 58.1 Å². The average Bonchev–Trinajstić information content (AvgIpc) is 3.90. The van der Waals surface area contributed by atoms with E-state index in [1.165, 1.54) is 0 Å². The van der Waals surface area contributed by atoms with E-state index >= 15 is 0 Å². The standard InChI is InChI=1S/C58H48N2O4/c1-39(2)57(37-59)31-49-50(32-57)56-48-20-12-16-44(30-48)26-24-42-14-10-18-46(28-42)36-64-54(62)22-8-6-5-7-21-53(61)63-35-45-17-9-13-41(27-45)23-25-43-15-11-19-47(29-43)55(49)51-33-58(38-60,40(3)4)34-52(51)56/h5-6,9-20,27-30H,1,3,7-8,21-22,31-36H2,2,4H3. The largest absolute Gasteiger partial charge is 0.461 e. The third-order valence-corrected chi connectivity index (χ3v) is 12.8. The molecule has 0 unspecified atom stereocenters. The molecule has 64 heavy (non-hydrogen) atoms. The highest BCUT2D eigenvalue weighted by atomic mass is 16.5. The van der Waals surface area contributed by atoms with Gasteiger partial charge in [0.25, 0.3) is 0 Å². The van der Waals surface area contributed by atoms with E-state index in [2.05, 4.69) is 73.2 Å². The van der Waals surface area contributed by atoms with Gasteiger partial charge in [-0.2, -0.15) is 10.5 Å². The van der Waals surface area contributed by atoms with Gasteiger partial charge < -0.3 is 9.47 Å². The van der Waals surface area contributed by atoms with Crippen LogP contribution in [0.4, 0.5) is 0 Å². The molecule has 10 bridgehead atoms. The Morgan fingerprint density at radius 3 is 1.23 bits per heavy atom. The van der Waals surface area contributed by atoms with Gasteiger partial charge in [-0.1, -0.05) is 109 Å². The first kappa shape index (κ1) is 43.0. The molecule has 6 nitrogen and oxygen atoms in total. The number of allylic oxidation sites excluding steroid dienone is 4. The summed E-state index contributed by atoms with van der Waals surface area (Å²) in [6.07, 6.45) is 7.21. The summed E-state index contributed by atoms with van der Waals surface area (Å²) in [5.74, 6) is 12.8. The van der Waals surface area contributed by atoms with Gasteiger partial charge in [-0.3, -0.25) is 9.59 Å². The molecule has 0 spiro atoms. The van der Waals surface area contributed by atoms with Crippen LogP contribution in [0.25, 0.3) is 22.3 Å². The van der Waals surface area contributed by atoms with Gasteiger partial charge >= 0.3 is 11.9 Å². The second-order valence-corrected chi connectivity index (χ2v) is 17.3. The summed E-state index contributed by atoms with van der Waals surface area (Å²) in [7, 11) is 0. The predicted octanol–water partition coefficient (Wildman–Crippen LogP) is 11.4. The van der Waals surface area contributed by atoms with E-state index in [1.807, 2.05) is 98.8 Å². The maximum Gasteiger partial charge on any atom is 0.306 e. The third-order valence-electron chi connectivity index (χ3n) is 12.8. The lowest BCUT2D eigenvalue weighted by Crippen LogP contribution is -2.21.